The second-order valence-corrected chi connectivity index (χ2v) is 5.75. The first-order valence-electron chi connectivity index (χ1n) is 8.17. The van der Waals surface area contributed by atoms with Crippen LogP contribution in [-0.4, -0.2) is 31.4 Å². The molecule has 2 heterocycles. The average Bonchev–Trinajstić information content (AvgIpc) is 2.77. The molecule has 0 aliphatic carbocycles. The number of aliphatic imine (C=N–C) groups is 1. The van der Waals surface area contributed by atoms with E-state index in [2.05, 4.69) is 9.98 Å². The Morgan fingerprint density at radius 2 is 1.67 bits per heavy atom. The Morgan fingerprint density at radius 1 is 1.04 bits per heavy atom. The zero-order valence-electron chi connectivity index (χ0n) is 14.5. The maximum Gasteiger partial charge on any atom is 0.300 e. The van der Waals surface area contributed by atoms with Crippen molar-refractivity contribution in [2.45, 2.75) is 13.2 Å². The van der Waals surface area contributed by atoms with Gasteiger partial charge in [0.1, 0.15) is 0 Å². The molecule has 0 spiro atoms. The van der Waals surface area contributed by atoms with Crippen LogP contribution in [0.1, 0.15) is 30.1 Å². The zero-order valence-corrected chi connectivity index (χ0v) is 14.5. The van der Waals surface area contributed by atoms with E-state index in [1.165, 1.54) is 6.07 Å². The molecule has 7 heteroatoms. The number of fused-ring (bicyclic) bond motifs is 3. The molecule has 2 N–H and O–H groups in total. The summed E-state index contributed by atoms with van der Waals surface area (Å²) in [6.45, 7) is 1.08. The Morgan fingerprint density at radius 3 is 2.37 bits per heavy atom. The van der Waals surface area contributed by atoms with Gasteiger partial charge in [0, 0.05) is 30.3 Å². The number of aliphatic carboxylic acids is 1. The number of hydrogen-bond acceptors (Lipinski definition) is 5. The Kier molecular flexibility index (Phi) is 5.23. The van der Waals surface area contributed by atoms with E-state index in [0.29, 0.717) is 5.71 Å². The highest BCUT2D eigenvalue weighted by Gasteiger charge is 2.23. The fourth-order valence-corrected chi connectivity index (χ4v) is 2.76. The number of hydrogen-bond donors (Lipinski definition) is 2. The largest absolute Gasteiger partial charge is 0.481 e. The van der Waals surface area contributed by atoms with Gasteiger partial charge in [0.2, 0.25) is 6.23 Å². The quantitative estimate of drug-likeness (QED) is 0.689. The van der Waals surface area contributed by atoms with E-state index in [9.17, 15) is 9.90 Å². The third kappa shape index (κ3) is 3.99. The third-order valence-corrected chi connectivity index (χ3v) is 3.79. The van der Waals surface area contributed by atoms with Gasteiger partial charge < -0.3 is 14.8 Å². The van der Waals surface area contributed by atoms with Crippen molar-refractivity contribution in [3.05, 3.63) is 94.2 Å². The molecular weight excluding hydrogens is 346 g/mol. The maximum absolute atomic E-state index is 11.6. The van der Waals surface area contributed by atoms with Crippen LogP contribution in [0.3, 0.4) is 0 Å². The topological polar surface area (TPSA) is 105 Å². The molecular formula is C20H17N3O4. The minimum absolute atomic E-state index is 0.218. The van der Waals surface area contributed by atoms with Crippen molar-refractivity contribution in [3.8, 4) is 5.69 Å². The fraction of sp³-hybridized carbons (Fsp3) is 0.100. The number of aliphatic hydroxyl groups is 1. The second kappa shape index (κ2) is 7.76. The summed E-state index contributed by atoms with van der Waals surface area (Å²) in [6.07, 6.45) is 0.419. The molecule has 0 amide bonds. The van der Waals surface area contributed by atoms with Crippen molar-refractivity contribution >= 4 is 11.7 Å². The SMILES string of the molecule is CC(=O)O.O=c1ccn2c(n1)C(O)N=C(c1ccccc1)c1ccccc1-2. The van der Waals surface area contributed by atoms with Crippen LogP contribution in [0, 0.1) is 0 Å². The predicted molar refractivity (Wildman–Crippen MR) is 100 cm³/mol. The molecule has 1 aromatic heterocycles. The molecule has 3 aromatic rings. The van der Waals surface area contributed by atoms with Gasteiger partial charge >= 0.3 is 0 Å². The van der Waals surface area contributed by atoms with Crippen molar-refractivity contribution in [1.82, 2.24) is 9.55 Å². The highest BCUT2D eigenvalue weighted by Crippen LogP contribution is 2.27. The molecule has 2 aromatic carbocycles. The number of aliphatic hydroxyl groups excluding tert-OH is 1. The Labute approximate surface area is 154 Å². The van der Waals surface area contributed by atoms with Crippen molar-refractivity contribution in [1.29, 1.82) is 0 Å². The van der Waals surface area contributed by atoms with Gasteiger partial charge in [-0.15, -0.1) is 0 Å². The van der Waals surface area contributed by atoms with E-state index in [1.54, 1.807) is 10.8 Å². The molecule has 0 saturated carbocycles. The van der Waals surface area contributed by atoms with Gasteiger partial charge in [-0.3, -0.25) is 9.59 Å². The van der Waals surface area contributed by atoms with E-state index in [-0.39, 0.29) is 5.82 Å². The highest BCUT2D eigenvalue weighted by atomic mass is 16.4. The summed E-state index contributed by atoms with van der Waals surface area (Å²) >= 11 is 0. The lowest BCUT2D eigenvalue weighted by atomic mass is 10.0. The van der Waals surface area contributed by atoms with Crippen LogP contribution in [-0.2, 0) is 4.79 Å². The van der Waals surface area contributed by atoms with Crippen LogP contribution in [0.15, 0.2) is 76.6 Å². The van der Waals surface area contributed by atoms with E-state index < -0.39 is 17.8 Å². The van der Waals surface area contributed by atoms with Crippen LogP contribution in [0.4, 0.5) is 0 Å². The number of benzene rings is 2. The first-order chi connectivity index (χ1) is 13.0. The monoisotopic (exact) mass is 363 g/mol. The third-order valence-electron chi connectivity index (χ3n) is 3.79. The lowest BCUT2D eigenvalue weighted by Crippen LogP contribution is -2.17. The normalized spacial score (nSPS) is 14.6. The number of rotatable bonds is 1. The summed E-state index contributed by atoms with van der Waals surface area (Å²) in [5.74, 6) is -0.615. The summed E-state index contributed by atoms with van der Waals surface area (Å²) in [4.78, 5) is 28.9. The van der Waals surface area contributed by atoms with E-state index >= 15 is 0 Å². The van der Waals surface area contributed by atoms with Gasteiger partial charge in [-0.05, 0) is 6.07 Å². The zero-order chi connectivity index (χ0) is 19.4. The molecule has 0 bridgehead atoms. The standard InChI is InChI=1S/C18H13N3O2.C2H4O2/c22-15-10-11-21-14-9-5-4-8-13(14)16(12-6-2-1-3-7-12)20-18(23)17(21)19-15;1-2(3)4/h1-11,18,23H;1H3,(H,3,4). The molecule has 1 atom stereocenters. The molecule has 136 valence electrons. The Bertz CT molecular complexity index is 1050. The summed E-state index contributed by atoms with van der Waals surface area (Å²) < 4.78 is 1.71. The fourth-order valence-electron chi connectivity index (χ4n) is 2.76. The minimum atomic E-state index is -1.20. The maximum atomic E-state index is 11.6. The van der Waals surface area contributed by atoms with Gasteiger partial charge in [-0.2, -0.15) is 4.98 Å². The number of nitrogens with zero attached hydrogens (tertiary/aromatic N) is 3. The minimum Gasteiger partial charge on any atom is -0.481 e. The summed E-state index contributed by atoms with van der Waals surface area (Å²) in [5, 5.41) is 17.9. The van der Waals surface area contributed by atoms with Gasteiger partial charge in [-0.1, -0.05) is 48.5 Å². The molecule has 0 saturated heterocycles. The summed E-state index contributed by atoms with van der Waals surface area (Å²) in [5.41, 5.74) is 2.88. The van der Waals surface area contributed by atoms with Crippen LogP contribution < -0.4 is 5.56 Å². The molecule has 4 rings (SSSR count). The summed E-state index contributed by atoms with van der Waals surface area (Å²) in [7, 11) is 0. The van der Waals surface area contributed by atoms with Crippen LogP contribution in [0.5, 0.6) is 0 Å². The van der Waals surface area contributed by atoms with Crippen LogP contribution in [0.25, 0.3) is 5.69 Å². The lowest BCUT2D eigenvalue weighted by molar-refractivity contribution is -0.134. The predicted octanol–water partition coefficient (Wildman–Crippen LogP) is 2.17. The smallest absolute Gasteiger partial charge is 0.300 e. The van der Waals surface area contributed by atoms with Crippen molar-refractivity contribution in [3.63, 3.8) is 0 Å². The molecule has 7 nitrogen and oxygen atoms in total. The highest BCUT2D eigenvalue weighted by molar-refractivity contribution is 6.15. The number of aromatic nitrogens is 2. The molecule has 27 heavy (non-hydrogen) atoms. The molecule has 1 unspecified atom stereocenters. The van der Waals surface area contributed by atoms with E-state index in [1.807, 2.05) is 54.6 Å². The van der Waals surface area contributed by atoms with Gasteiger partial charge in [-0.25, -0.2) is 4.99 Å². The van der Waals surface area contributed by atoms with E-state index in [0.717, 1.165) is 23.7 Å². The lowest BCUT2D eigenvalue weighted by Gasteiger charge is -2.13. The summed E-state index contributed by atoms with van der Waals surface area (Å²) in [6, 6.07) is 18.7. The Hall–Kier alpha value is -3.58. The first kappa shape index (κ1) is 18.2. The van der Waals surface area contributed by atoms with Crippen molar-refractivity contribution in [2.75, 3.05) is 0 Å². The molecule has 1 aliphatic rings. The van der Waals surface area contributed by atoms with Crippen LogP contribution in [0.2, 0.25) is 0 Å². The van der Waals surface area contributed by atoms with Gasteiger partial charge in [0.15, 0.2) is 5.82 Å². The van der Waals surface area contributed by atoms with Crippen molar-refractivity contribution in [2.24, 2.45) is 4.99 Å². The Balaban J connectivity index is 0.000000481. The van der Waals surface area contributed by atoms with Crippen LogP contribution >= 0.6 is 0 Å². The number of carboxylic acids is 1. The van der Waals surface area contributed by atoms with E-state index in [4.69, 9.17) is 9.90 Å². The van der Waals surface area contributed by atoms with Crippen molar-refractivity contribution < 1.29 is 15.0 Å². The average molecular weight is 363 g/mol. The number of carbonyl (C=O) groups is 1. The van der Waals surface area contributed by atoms with Gasteiger partial charge in [0.05, 0.1) is 11.4 Å². The molecule has 0 radical (unpaired) electrons. The van der Waals surface area contributed by atoms with Gasteiger partial charge in [0.25, 0.3) is 11.5 Å². The number of carboxylic acid groups (broad SMARTS) is 1. The number of para-hydroxylation sites is 1. The first-order valence-corrected chi connectivity index (χ1v) is 8.17. The molecule has 1 aliphatic heterocycles. The molecule has 0 fully saturated rings. The second-order valence-electron chi connectivity index (χ2n) is 5.75.